The first-order chi connectivity index (χ1) is 12.6. The number of carbonyl (C=O) groups is 1. The topological polar surface area (TPSA) is 68.2 Å². The summed E-state index contributed by atoms with van der Waals surface area (Å²) in [6.45, 7) is 6.49. The summed E-state index contributed by atoms with van der Waals surface area (Å²) >= 11 is 0. The number of ether oxygens (including phenoxy) is 1. The summed E-state index contributed by atoms with van der Waals surface area (Å²) < 4.78 is 7.71. The molecular weight excluding hydrogens is 328 g/mol. The van der Waals surface area contributed by atoms with Gasteiger partial charge in [0.2, 0.25) is 0 Å². The Morgan fingerprint density at radius 3 is 3.08 bits per heavy atom. The van der Waals surface area contributed by atoms with E-state index in [0.29, 0.717) is 18.6 Å². The molecule has 6 heteroatoms. The van der Waals surface area contributed by atoms with Crippen LogP contribution in [-0.4, -0.2) is 34.8 Å². The lowest BCUT2D eigenvalue weighted by atomic mass is 10.1. The molecule has 0 saturated carbocycles. The summed E-state index contributed by atoms with van der Waals surface area (Å²) in [6.07, 6.45) is 7.21. The highest BCUT2D eigenvalue weighted by Crippen LogP contribution is 2.17. The van der Waals surface area contributed by atoms with Crippen LogP contribution in [-0.2, 0) is 11.3 Å². The average Bonchev–Trinajstić information content (AvgIpc) is 3.27. The Morgan fingerprint density at radius 1 is 1.42 bits per heavy atom. The van der Waals surface area contributed by atoms with Gasteiger partial charge in [-0.25, -0.2) is 9.78 Å². The van der Waals surface area contributed by atoms with E-state index < -0.39 is 0 Å². The number of nitrogens with zero attached hydrogens (tertiary/aromatic N) is 2. The number of nitrogens with one attached hydrogen (secondary N) is 2. The summed E-state index contributed by atoms with van der Waals surface area (Å²) in [5, 5.41) is 5.81. The van der Waals surface area contributed by atoms with Crippen molar-refractivity contribution in [3.63, 3.8) is 0 Å². The van der Waals surface area contributed by atoms with Gasteiger partial charge in [0, 0.05) is 43.7 Å². The zero-order chi connectivity index (χ0) is 18.4. The van der Waals surface area contributed by atoms with Crippen LogP contribution < -0.4 is 10.6 Å². The lowest BCUT2D eigenvalue weighted by Crippen LogP contribution is -2.31. The van der Waals surface area contributed by atoms with Crippen LogP contribution >= 0.6 is 0 Å². The summed E-state index contributed by atoms with van der Waals surface area (Å²) in [7, 11) is 0. The van der Waals surface area contributed by atoms with Crippen molar-refractivity contribution in [3.8, 4) is 0 Å². The van der Waals surface area contributed by atoms with Gasteiger partial charge in [-0.05, 0) is 37.0 Å². The molecule has 1 fully saturated rings. The maximum absolute atomic E-state index is 12.1. The Balaban J connectivity index is 1.51. The van der Waals surface area contributed by atoms with E-state index in [-0.39, 0.29) is 6.03 Å². The number of hydrogen-bond acceptors (Lipinski definition) is 3. The van der Waals surface area contributed by atoms with E-state index >= 15 is 0 Å². The van der Waals surface area contributed by atoms with E-state index in [1.54, 1.807) is 0 Å². The van der Waals surface area contributed by atoms with E-state index in [1.807, 2.05) is 30.6 Å². The number of urea groups is 1. The molecule has 0 radical (unpaired) electrons. The van der Waals surface area contributed by atoms with E-state index in [0.717, 1.165) is 49.5 Å². The molecule has 2 heterocycles. The molecule has 1 atom stereocenters. The minimum atomic E-state index is -0.175. The first-order valence-corrected chi connectivity index (χ1v) is 9.38. The number of rotatable bonds is 7. The molecule has 1 aromatic heterocycles. The molecule has 6 nitrogen and oxygen atoms in total. The van der Waals surface area contributed by atoms with Gasteiger partial charge in [-0.3, -0.25) is 0 Å². The number of hydrogen-bond donors (Lipinski definition) is 2. The molecule has 2 amide bonds. The van der Waals surface area contributed by atoms with Gasteiger partial charge in [0.05, 0.1) is 6.10 Å². The summed E-state index contributed by atoms with van der Waals surface area (Å²) in [4.78, 5) is 16.5. The second-order valence-corrected chi connectivity index (χ2v) is 7.07. The van der Waals surface area contributed by atoms with Gasteiger partial charge < -0.3 is 19.9 Å². The second kappa shape index (κ2) is 8.85. The van der Waals surface area contributed by atoms with Crippen LogP contribution in [0, 0.1) is 0 Å². The molecule has 26 heavy (non-hydrogen) atoms. The van der Waals surface area contributed by atoms with E-state index in [2.05, 4.69) is 40.1 Å². The summed E-state index contributed by atoms with van der Waals surface area (Å²) in [5.74, 6) is 1.44. The van der Waals surface area contributed by atoms with Gasteiger partial charge in [0.1, 0.15) is 5.82 Å². The van der Waals surface area contributed by atoms with E-state index in [9.17, 15) is 4.79 Å². The fourth-order valence-electron chi connectivity index (χ4n) is 3.29. The zero-order valence-electron chi connectivity index (χ0n) is 15.6. The molecular formula is C20H28N4O2. The van der Waals surface area contributed by atoms with Crippen LogP contribution in [0.15, 0.2) is 36.7 Å². The van der Waals surface area contributed by atoms with Crippen LogP contribution in [0.25, 0.3) is 0 Å². The zero-order valence-corrected chi connectivity index (χ0v) is 15.6. The van der Waals surface area contributed by atoms with Crippen LogP contribution in [0.5, 0.6) is 0 Å². The minimum absolute atomic E-state index is 0.175. The number of carbonyl (C=O) groups excluding carboxylic acids is 1. The first kappa shape index (κ1) is 18.5. The lowest BCUT2D eigenvalue weighted by Gasteiger charge is -2.13. The molecule has 0 unspecified atom stereocenters. The maximum Gasteiger partial charge on any atom is 0.319 e. The molecule has 3 rings (SSSR count). The van der Waals surface area contributed by atoms with Crippen molar-refractivity contribution in [1.82, 2.24) is 14.9 Å². The van der Waals surface area contributed by atoms with Gasteiger partial charge in [-0.15, -0.1) is 0 Å². The fourth-order valence-corrected chi connectivity index (χ4v) is 3.29. The number of anilines is 1. The van der Waals surface area contributed by atoms with Crippen molar-refractivity contribution in [2.45, 2.75) is 51.7 Å². The molecule has 1 aliphatic heterocycles. The monoisotopic (exact) mass is 356 g/mol. The normalized spacial score (nSPS) is 16.8. The van der Waals surface area contributed by atoms with Crippen LogP contribution in [0.2, 0.25) is 0 Å². The molecule has 2 aromatic rings. The Morgan fingerprint density at radius 2 is 2.31 bits per heavy atom. The van der Waals surface area contributed by atoms with Crippen molar-refractivity contribution in [3.05, 3.63) is 48.0 Å². The van der Waals surface area contributed by atoms with Crippen molar-refractivity contribution < 1.29 is 9.53 Å². The predicted octanol–water partition coefficient (Wildman–Crippen LogP) is 3.75. The van der Waals surface area contributed by atoms with Crippen molar-refractivity contribution in [1.29, 1.82) is 0 Å². The standard InChI is InChI=1S/C20H28N4O2/c1-15(2)19-21-10-11-24(19)14-16-5-3-6-17(13-16)23-20(25)22-9-8-18-7-4-12-26-18/h3,5-6,10-11,13,15,18H,4,7-9,12,14H2,1-2H3,(H2,22,23,25)/t18-/m1/s1. The highest BCUT2D eigenvalue weighted by Gasteiger charge is 2.15. The SMILES string of the molecule is CC(C)c1nccn1Cc1cccc(NC(=O)NCC[C@H]2CCCO2)c1. The molecule has 0 spiro atoms. The number of imidazole rings is 1. The number of benzene rings is 1. The quantitative estimate of drug-likeness (QED) is 0.794. The van der Waals surface area contributed by atoms with Gasteiger partial charge in [-0.1, -0.05) is 26.0 Å². The highest BCUT2D eigenvalue weighted by molar-refractivity contribution is 5.89. The Bertz CT molecular complexity index is 720. The smallest absolute Gasteiger partial charge is 0.319 e. The van der Waals surface area contributed by atoms with E-state index in [4.69, 9.17) is 4.74 Å². The van der Waals surface area contributed by atoms with Crippen LogP contribution in [0.1, 0.15) is 50.4 Å². The second-order valence-electron chi connectivity index (χ2n) is 7.07. The third-order valence-corrected chi connectivity index (χ3v) is 4.58. The number of amides is 2. The van der Waals surface area contributed by atoms with E-state index in [1.165, 1.54) is 0 Å². The molecule has 1 aromatic carbocycles. The largest absolute Gasteiger partial charge is 0.378 e. The molecule has 2 N–H and O–H groups in total. The fraction of sp³-hybridized carbons (Fsp3) is 0.500. The maximum atomic E-state index is 12.1. The lowest BCUT2D eigenvalue weighted by molar-refractivity contribution is 0.105. The number of aromatic nitrogens is 2. The van der Waals surface area contributed by atoms with Crippen LogP contribution in [0.4, 0.5) is 10.5 Å². The molecule has 0 aliphatic carbocycles. The van der Waals surface area contributed by atoms with Gasteiger partial charge in [0.15, 0.2) is 0 Å². The first-order valence-electron chi connectivity index (χ1n) is 9.38. The summed E-state index contributed by atoms with van der Waals surface area (Å²) in [6, 6.07) is 7.75. The van der Waals surface area contributed by atoms with Crippen molar-refractivity contribution in [2.24, 2.45) is 0 Å². The average molecular weight is 356 g/mol. The Kier molecular flexibility index (Phi) is 6.28. The minimum Gasteiger partial charge on any atom is -0.378 e. The van der Waals surface area contributed by atoms with Gasteiger partial charge >= 0.3 is 6.03 Å². The molecule has 0 bridgehead atoms. The third-order valence-electron chi connectivity index (χ3n) is 4.58. The third kappa shape index (κ3) is 5.08. The summed E-state index contributed by atoms with van der Waals surface area (Å²) in [5.41, 5.74) is 1.92. The Hall–Kier alpha value is -2.34. The Labute approximate surface area is 155 Å². The predicted molar refractivity (Wildman–Crippen MR) is 102 cm³/mol. The van der Waals surface area contributed by atoms with Crippen LogP contribution in [0.3, 0.4) is 0 Å². The van der Waals surface area contributed by atoms with Gasteiger partial charge in [0.25, 0.3) is 0 Å². The molecule has 140 valence electrons. The van der Waals surface area contributed by atoms with Gasteiger partial charge in [-0.2, -0.15) is 0 Å². The van der Waals surface area contributed by atoms with Crippen molar-refractivity contribution in [2.75, 3.05) is 18.5 Å². The van der Waals surface area contributed by atoms with Crippen molar-refractivity contribution >= 4 is 11.7 Å². The highest BCUT2D eigenvalue weighted by atomic mass is 16.5. The molecule has 1 saturated heterocycles. The molecule has 1 aliphatic rings.